The van der Waals surface area contributed by atoms with E-state index >= 15 is 0 Å². The van der Waals surface area contributed by atoms with Gasteiger partial charge in [0.25, 0.3) is 11.8 Å². The molecule has 1 atom stereocenters. The first-order chi connectivity index (χ1) is 10.8. The van der Waals surface area contributed by atoms with E-state index in [0.29, 0.717) is 17.8 Å². The van der Waals surface area contributed by atoms with Crippen LogP contribution in [0.3, 0.4) is 0 Å². The van der Waals surface area contributed by atoms with Gasteiger partial charge in [-0.2, -0.15) is 10.1 Å². The summed E-state index contributed by atoms with van der Waals surface area (Å²) in [5.41, 5.74) is 2.22. The molecule has 1 aliphatic heterocycles. The second kappa shape index (κ2) is 5.29. The molecule has 1 aliphatic rings. The van der Waals surface area contributed by atoms with Crippen molar-refractivity contribution in [1.82, 2.24) is 19.9 Å². The number of nitrogens with zero attached hydrogens (tertiary/aromatic N) is 5. The van der Waals surface area contributed by atoms with Gasteiger partial charge in [0, 0.05) is 37.8 Å². The Morgan fingerprint density at radius 3 is 2.86 bits per heavy atom. The van der Waals surface area contributed by atoms with Crippen molar-refractivity contribution >= 4 is 5.95 Å². The van der Waals surface area contributed by atoms with Crippen LogP contribution in [0, 0.1) is 0 Å². The van der Waals surface area contributed by atoms with E-state index in [1.165, 1.54) is 5.56 Å². The molecular formula is C16H17N5O. The molecule has 1 fully saturated rings. The van der Waals surface area contributed by atoms with E-state index in [2.05, 4.69) is 26.3 Å². The monoisotopic (exact) mass is 295 g/mol. The molecule has 0 saturated carbocycles. The van der Waals surface area contributed by atoms with Crippen molar-refractivity contribution in [3.63, 3.8) is 0 Å². The third-order valence-corrected chi connectivity index (χ3v) is 4.10. The summed E-state index contributed by atoms with van der Waals surface area (Å²) in [5.74, 6) is 1.72. The van der Waals surface area contributed by atoms with Crippen molar-refractivity contribution in [2.75, 3.05) is 18.0 Å². The highest BCUT2D eigenvalue weighted by Gasteiger charge is 2.27. The van der Waals surface area contributed by atoms with E-state index in [0.717, 1.165) is 25.1 Å². The normalized spacial score (nSPS) is 18.0. The molecular weight excluding hydrogens is 278 g/mol. The Hall–Kier alpha value is -2.63. The Morgan fingerprint density at radius 1 is 1.23 bits per heavy atom. The first-order valence-corrected chi connectivity index (χ1v) is 7.42. The summed E-state index contributed by atoms with van der Waals surface area (Å²) in [6.07, 6.45) is 5.11. The Morgan fingerprint density at radius 2 is 2.09 bits per heavy atom. The van der Waals surface area contributed by atoms with Gasteiger partial charge in [0.1, 0.15) is 0 Å². The molecule has 3 aromatic rings. The number of hydrogen-bond acceptors (Lipinski definition) is 5. The van der Waals surface area contributed by atoms with Gasteiger partial charge in [-0.25, -0.2) is 0 Å². The van der Waals surface area contributed by atoms with Crippen LogP contribution < -0.4 is 4.90 Å². The number of anilines is 1. The molecule has 2 aromatic heterocycles. The minimum absolute atomic E-state index is 0.479. The van der Waals surface area contributed by atoms with Gasteiger partial charge in [-0.15, -0.1) is 0 Å². The van der Waals surface area contributed by atoms with Gasteiger partial charge < -0.3 is 9.42 Å². The molecule has 0 amide bonds. The Kier molecular flexibility index (Phi) is 3.14. The summed E-state index contributed by atoms with van der Waals surface area (Å²) in [7, 11) is 1.95. The fourth-order valence-electron chi connectivity index (χ4n) is 2.91. The Bertz CT molecular complexity index is 764. The van der Waals surface area contributed by atoms with Crippen molar-refractivity contribution in [3.8, 4) is 11.5 Å². The molecule has 22 heavy (non-hydrogen) atoms. The Labute approximate surface area is 128 Å². The zero-order valence-corrected chi connectivity index (χ0v) is 12.4. The number of rotatable bonds is 3. The summed E-state index contributed by atoms with van der Waals surface area (Å²) < 4.78 is 7.24. The lowest BCUT2D eigenvalue weighted by molar-refractivity contribution is 0.430. The minimum Gasteiger partial charge on any atom is -0.338 e. The van der Waals surface area contributed by atoms with Gasteiger partial charge in [-0.3, -0.25) is 4.68 Å². The van der Waals surface area contributed by atoms with Gasteiger partial charge >= 0.3 is 0 Å². The van der Waals surface area contributed by atoms with Crippen molar-refractivity contribution in [2.24, 2.45) is 7.05 Å². The summed E-state index contributed by atoms with van der Waals surface area (Å²) in [6, 6.07) is 9.85. The smallest absolute Gasteiger partial charge is 0.266 e. The maximum Gasteiger partial charge on any atom is 0.266 e. The van der Waals surface area contributed by atoms with E-state index in [1.807, 2.05) is 48.3 Å². The lowest BCUT2D eigenvalue weighted by atomic mass is 10.0. The fraction of sp³-hybridized carbons (Fsp3) is 0.312. The molecule has 6 nitrogen and oxygen atoms in total. The third-order valence-electron chi connectivity index (χ3n) is 4.10. The molecule has 112 valence electrons. The van der Waals surface area contributed by atoms with Crippen LogP contribution in [-0.2, 0) is 7.05 Å². The average molecular weight is 295 g/mol. The van der Waals surface area contributed by atoms with Crippen molar-refractivity contribution in [2.45, 2.75) is 12.3 Å². The first kappa shape index (κ1) is 13.1. The van der Waals surface area contributed by atoms with E-state index < -0.39 is 0 Å². The topological polar surface area (TPSA) is 60.0 Å². The molecule has 1 saturated heterocycles. The van der Waals surface area contributed by atoms with Gasteiger partial charge in [0.05, 0.1) is 6.20 Å². The minimum atomic E-state index is 0.479. The van der Waals surface area contributed by atoms with Gasteiger partial charge in [-0.1, -0.05) is 18.2 Å². The molecule has 1 aromatic carbocycles. The zero-order valence-electron chi connectivity index (χ0n) is 12.4. The lowest BCUT2D eigenvalue weighted by Crippen LogP contribution is -2.20. The molecule has 0 bridgehead atoms. The number of hydrogen-bond donors (Lipinski definition) is 0. The number of aromatic nitrogens is 4. The fourth-order valence-corrected chi connectivity index (χ4v) is 2.91. The van der Waals surface area contributed by atoms with Crippen molar-refractivity contribution < 1.29 is 4.52 Å². The summed E-state index contributed by atoms with van der Waals surface area (Å²) in [4.78, 5) is 6.70. The second-order valence-electron chi connectivity index (χ2n) is 5.64. The van der Waals surface area contributed by atoms with E-state index in [4.69, 9.17) is 4.52 Å². The number of aryl methyl sites for hydroxylation is 1. The third kappa shape index (κ3) is 2.36. The maximum atomic E-state index is 5.39. The van der Waals surface area contributed by atoms with Crippen LogP contribution in [0.2, 0.25) is 0 Å². The summed E-state index contributed by atoms with van der Waals surface area (Å²) in [5, 5.41) is 8.38. The first-order valence-electron chi connectivity index (χ1n) is 7.42. The number of benzene rings is 1. The van der Waals surface area contributed by atoms with Crippen LogP contribution in [-0.4, -0.2) is 33.0 Å². The highest BCUT2D eigenvalue weighted by atomic mass is 16.5. The predicted molar refractivity (Wildman–Crippen MR) is 82.5 cm³/mol. The van der Waals surface area contributed by atoms with E-state index in [-0.39, 0.29) is 0 Å². The van der Waals surface area contributed by atoms with Crippen LogP contribution in [0.15, 0.2) is 47.2 Å². The van der Waals surface area contributed by atoms with Gasteiger partial charge in [0.15, 0.2) is 0 Å². The van der Waals surface area contributed by atoms with Crippen molar-refractivity contribution in [3.05, 3.63) is 48.3 Å². The van der Waals surface area contributed by atoms with Gasteiger partial charge in [-0.05, 0) is 29.3 Å². The molecule has 1 unspecified atom stereocenters. The molecule has 3 heterocycles. The largest absolute Gasteiger partial charge is 0.338 e. The second-order valence-corrected chi connectivity index (χ2v) is 5.64. The van der Waals surface area contributed by atoms with Gasteiger partial charge in [0.2, 0.25) is 0 Å². The molecule has 0 radical (unpaired) electrons. The van der Waals surface area contributed by atoms with Crippen LogP contribution in [0.4, 0.5) is 5.95 Å². The zero-order chi connectivity index (χ0) is 14.9. The quantitative estimate of drug-likeness (QED) is 0.743. The molecule has 4 rings (SSSR count). The predicted octanol–water partition coefficient (Wildman–Crippen LogP) is 2.46. The highest BCUT2D eigenvalue weighted by molar-refractivity contribution is 5.54. The molecule has 6 heteroatoms. The SMILES string of the molecule is Cn1cc(C2CCN(c3noc(-c4ccccc4)n3)C2)cn1. The van der Waals surface area contributed by atoms with Crippen LogP contribution in [0.1, 0.15) is 17.9 Å². The van der Waals surface area contributed by atoms with Crippen LogP contribution in [0.5, 0.6) is 0 Å². The van der Waals surface area contributed by atoms with Crippen molar-refractivity contribution in [1.29, 1.82) is 0 Å². The summed E-state index contributed by atoms with van der Waals surface area (Å²) >= 11 is 0. The highest BCUT2D eigenvalue weighted by Crippen LogP contribution is 2.30. The van der Waals surface area contributed by atoms with E-state index in [9.17, 15) is 0 Å². The van der Waals surface area contributed by atoms with E-state index in [1.54, 1.807) is 0 Å². The standard InChI is InChI=1S/C16H17N5O/c1-20-10-14(9-17-20)13-7-8-21(11-13)16-18-15(22-19-16)12-5-3-2-4-6-12/h2-6,9-10,13H,7-8,11H2,1H3. The lowest BCUT2D eigenvalue weighted by Gasteiger charge is -2.12. The van der Waals surface area contributed by atoms with Crippen LogP contribution >= 0.6 is 0 Å². The Balaban J connectivity index is 1.51. The molecule has 0 N–H and O–H groups in total. The molecule has 0 spiro atoms. The van der Waals surface area contributed by atoms with Crippen LogP contribution in [0.25, 0.3) is 11.5 Å². The molecule has 0 aliphatic carbocycles. The summed E-state index contributed by atoms with van der Waals surface area (Å²) in [6.45, 7) is 1.84. The maximum absolute atomic E-state index is 5.39. The average Bonchev–Trinajstić information content (AvgIpc) is 3.27.